The molecule has 0 saturated carbocycles. The SMILES string of the molecule is CCC[C@H]1c2cc(O)ccc2OC(c2ccc(O)cc2)C1CC. The summed E-state index contributed by atoms with van der Waals surface area (Å²) in [4.78, 5) is 0. The Morgan fingerprint density at radius 3 is 2.30 bits per heavy atom. The Kier molecular flexibility index (Phi) is 4.46. The lowest BCUT2D eigenvalue weighted by Crippen LogP contribution is -2.29. The molecule has 3 atom stereocenters. The molecule has 0 radical (unpaired) electrons. The van der Waals surface area contributed by atoms with Crippen molar-refractivity contribution in [1.82, 2.24) is 0 Å². The Balaban J connectivity index is 2.04. The molecule has 0 aliphatic carbocycles. The molecule has 2 unspecified atom stereocenters. The molecule has 0 aromatic heterocycles. The number of ether oxygens (including phenoxy) is 1. The highest BCUT2D eigenvalue weighted by molar-refractivity contribution is 5.45. The average Bonchev–Trinajstić information content (AvgIpc) is 2.56. The molecule has 0 saturated heterocycles. The van der Waals surface area contributed by atoms with E-state index in [9.17, 15) is 10.2 Å². The molecule has 0 bridgehead atoms. The molecule has 0 spiro atoms. The Morgan fingerprint density at radius 1 is 0.957 bits per heavy atom. The van der Waals surface area contributed by atoms with Crippen molar-refractivity contribution < 1.29 is 14.9 Å². The first kappa shape index (κ1) is 15.7. The van der Waals surface area contributed by atoms with E-state index in [-0.39, 0.29) is 11.9 Å². The van der Waals surface area contributed by atoms with Crippen LogP contribution in [0.4, 0.5) is 0 Å². The van der Waals surface area contributed by atoms with Gasteiger partial charge in [0.25, 0.3) is 0 Å². The van der Waals surface area contributed by atoms with Crippen molar-refractivity contribution in [2.75, 3.05) is 0 Å². The summed E-state index contributed by atoms with van der Waals surface area (Å²) < 4.78 is 6.30. The fraction of sp³-hybridized carbons (Fsp3) is 0.400. The van der Waals surface area contributed by atoms with Crippen molar-refractivity contribution >= 4 is 0 Å². The smallest absolute Gasteiger partial charge is 0.127 e. The Labute approximate surface area is 137 Å². The van der Waals surface area contributed by atoms with Gasteiger partial charge in [0, 0.05) is 11.5 Å². The van der Waals surface area contributed by atoms with Gasteiger partial charge in [-0.1, -0.05) is 32.4 Å². The molecule has 0 amide bonds. The molecule has 23 heavy (non-hydrogen) atoms. The van der Waals surface area contributed by atoms with Crippen molar-refractivity contribution in [3.63, 3.8) is 0 Å². The summed E-state index contributed by atoms with van der Waals surface area (Å²) in [7, 11) is 0. The molecule has 2 aromatic carbocycles. The topological polar surface area (TPSA) is 49.7 Å². The second-order valence-corrected chi connectivity index (χ2v) is 6.32. The quantitative estimate of drug-likeness (QED) is 0.821. The van der Waals surface area contributed by atoms with Gasteiger partial charge in [0.2, 0.25) is 0 Å². The van der Waals surface area contributed by atoms with Crippen LogP contribution in [0, 0.1) is 5.92 Å². The van der Waals surface area contributed by atoms with Crippen LogP contribution in [0.2, 0.25) is 0 Å². The third kappa shape index (κ3) is 3.00. The number of benzene rings is 2. The van der Waals surface area contributed by atoms with Gasteiger partial charge in [-0.05, 0) is 54.7 Å². The predicted molar refractivity (Wildman–Crippen MR) is 91.0 cm³/mol. The molecule has 1 aliphatic rings. The van der Waals surface area contributed by atoms with Crippen LogP contribution >= 0.6 is 0 Å². The van der Waals surface area contributed by atoms with E-state index in [1.165, 1.54) is 0 Å². The molecule has 1 heterocycles. The van der Waals surface area contributed by atoms with Gasteiger partial charge in [-0.25, -0.2) is 0 Å². The second-order valence-electron chi connectivity index (χ2n) is 6.32. The number of fused-ring (bicyclic) bond motifs is 1. The van der Waals surface area contributed by atoms with Crippen LogP contribution < -0.4 is 4.74 Å². The number of hydrogen-bond acceptors (Lipinski definition) is 3. The Hall–Kier alpha value is -2.16. The Morgan fingerprint density at radius 2 is 1.65 bits per heavy atom. The molecule has 2 N–H and O–H groups in total. The minimum absolute atomic E-state index is 0.0193. The summed E-state index contributed by atoms with van der Waals surface area (Å²) in [6.45, 7) is 4.39. The number of phenolic OH excluding ortho intramolecular Hbond substituents is 2. The molecule has 122 valence electrons. The first-order chi connectivity index (χ1) is 11.1. The van der Waals surface area contributed by atoms with E-state index >= 15 is 0 Å². The first-order valence-corrected chi connectivity index (χ1v) is 8.42. The average molecular weight is 312 g/mol. The van der Waals surface area contributed by atoms with E-state index in [1.54, 1.807) is 18.2 Å². The van der Waals surface area contributed by atoms with Gasteiger partial charge in [0.05, 0.1) is 0 Å². The van der Waals surface area contributed by atoms with Crippen LogP contribution in [0.5, 0.6) is 17.2 Å². The summed E-state index contributed by atoms with van der Waals surface area (Å²) in [6, 6.07) is 12.7. The number of hydrogen-bond donors (Lipinski definition) is 2. The zero-order chi connectivity index (χ0) is 16.4. The van der Waals surface area contributed by atoms with E-state index in [4.69, 9.17) is 4.74 Å². The third-order valence-corrected chi connectivity index (χ3v) is 4.85. The van der Waals surface area contributed by atoms with E-state index in [0.717, 1.165) is 36.1 Å². The zero-order valence-electron chi connectivity index (χ0n) is 13.7. The van der Waals surface area contributed by atoms with Gasteiger partial charge in [-0.2, -0.15) is 0 Å². The lowest BCUT2D eigenvalue weighted by Gasteiger charge is -2.40. The van der Waals surface area contributed by atoms with Gasteiger partial charge >= 0.3 is 0 Å². The number of rotatable bonds is 4. The lowest BCUT2D eigenvalue weighted by molar-refractivity contribution is 0.0852. The van der Waals surface area contributed by atoms with Gasteiger partial charge < -0.3 is 14.9 Å². The van der Waals surface area contributed by atoms with Gasteiger partial charge in [0.15, 0.2) is 0 Å². The molecular formula is C20H24O3. The summed E-state index contributed by atoms with van der Waals surface area (Å²) in [6.07, 6.45) is 3.16. The van der Waals surface area contributed by atoms with Crippen molar-refractivity contribution in [3.05, 3.63) is 53.6 Å². The molecule has 3 nitrogen and oxygen atoms in total. The highest BCUT2D eigenvalue weighted by Gasteiger charge is 2.37. The van der Waals surface area contributed by atoms with Crippen molar-refractivity contribution in [1.29, 1.82) is 0 Å². The maximum atomic E-state index is 9.86. The zero-order valence-corrected chi connectivity index (χ0v) is 13.7. The summed E-state index contributed by atoms with van der Waals surface area (Å²) in [5.41, 5.74) is 2.21. The number of phenols is 2. The van der Waals surface area contributed by atoms with Crippen molar-refractivity contribution in [2.45, 2.75) is 45.1 Å². The largest absolute Gasteiger partial charge is 0.508 e. The molecule has 3 heteroatoms. The van der Waals surface area contributed by atoms with Crippen molar-refractivity contribution in [2.24, 2.45) is 5.92 Å². The summed E-state index contributed by atoms with van der Waals surface area (Å²) >= 11 is 0. The van der Waals surface area contributed by atoms with Gasteiger partial charge in [-0.15, -0.1) is 0 Å². The van der Waals surface area contributed by atoms with Crippen LogP contribution in [0.3, 0.4) is 0 Å². The van der Waals surface area contributed by atoms with E-state index in [2.05, 4.69) is 13.8 Å². The van der Waals surface area contributed by atoms with Gasteiger partial charge in [-0.3, -0.25) is 0 Å². The van der Waals surface area contributed by atoms with Crippen LogP contribution in [0.15, 0.2) is 42.5 Å². The van der Waals surface area contributed by atoms with Crippen LogP contribution in [-0.4, -0.2) is 10.2 Å². The fourth-order valence-corrected chi connectivity index (χ4v) is 3.76. The monoisotopic (exact) mass is 312 g/mol. The van der Waals surface area contributed by atoms with Crippen molar-refractivity contribution in [3.8, 4) is 17.2 Å². The lowest BCUT2D eigenvalue weighted by atomic mass is 9.74. The molecule has 3 rings (SSSR count). The minimum Gasteiger partial charge on any atom is -0.508 e. The normalized spacial score (nSPS) is 23.1. The third-order valence-electron chi connectivity index (χ3n) is 4.85. The Bertz CT molecular complexity index is 663. The predicted octanol–water partition coefficient (Wildman–Crippen LogP) is 5.14. The highest BCUT2D eigenvalue weighted by Crippen LogP contribution is 2.50. The van der Waals surface area contributed by atoms with Gasteiger partial charge in [0.1, 0.15) is 23.4 Å². The fourth-order valence-electron chi connectivity index (χ4n) is 3.76. The van der Waals surface area contributed by atoms with Crippen LogP contribution in [0.25, 0.3) is 0 Å². The minimum atomic E-state index is -0.0193. The van der Waals surface area contributed by atoms with E-state index in [0.29, 0.717) is 17.6 Å². The van der Waals surface area contributed by atoms with Crippen LogP contribution in [-0.2, 0) is 0 Å². The maximum absolute atomic E-state index is 9.86. The molecule has 2 aromatic rings. The van der Waals surface area contributed by atoms with E-state index < -0.39 is 0 Å². The molecule has 0 fully saturated rings. The molecule has 1 aliphatic heterocycles. The maximum Gasteiger partial charge on any atom is 0.127 e. The van der Waals surface area contributed by atoms with Crippen LogP contribution in [0.1, 0.15) is 56.3 Å². The highest BCUT2D eigenvalue weighted by atomic mass is 16.5. The molecular weight excluding hydrogens is 288 g/mol. The van der Waals surface area contributed by atoms with E-state index in [1.807, 2.05) is 24.3 Å². The first-order valence-electron chi connectivity index (χ1n) is 8.42. The standard InChI is InChI=1S/C20H24O3/c1-3-5-17-16(4-2)20(13-6-8-14(21)9-7-13)23-19-11-10-15(22)12-18(17)19/h6-12,16-17,20-22H,3-5H2,1-2H3/t16?,17-,20?/m1/s1. The summed E-state index contributed by atoms with van der Waals surface area (Å²) in [5.74, 6) is 2.16. The summed E-state index contributed by atoms with van der Waals surface area (Å²) in [5, 5.41) is 19.4. The number of aromatic hydroxyl groups is 2. The second kappa shape index (κ2) is 6.53.